The smallest absolute Gasteiger partial charge is 0.253 e. The molecule has 36 heavy (non-hydrogen) atoms. The Morgan fingerprint density at radius 3 is 2.22 bits per heavy atom. The van der Waals surface area contributed by atoms with Crippen LogP contribution < -0.4 is 10.1 Å². The van der Waals surface area contributed by atoms with E-state index in [0.717, 1.165) is 30.9 Å². The monoisotopic (exact) mass is 475 g/mol. The van der Waals surface area contributed by atoms with Gasteiger partial charge >= 0.3 is 0 Å². The number of anilines is 1. The fourth-order valence-electron chi connectivity index (χ4n) is 5.14. The molecule has 0 unspecified atom stereocenters. The third-order valence-corrected chi connectivity index (χ3v) is 7.10. The highest BCUT2D eigenvalue weighted by molar-refractivity contribution is 6.02. The molecule has 2 aliphatic rings. The molecule has 4 aromatic rings. The van der Waals surface area contributed by atoms with Crippen LogP contribution in [0.4, 0.5) is 5.82 Å². The summed E-state index contributed by atoms with van der Waals surface area (Å²) >= 11 is 0. The lowest BCUT2D eigenvalue weighted by molar-refractivity contribution is -0.125. The minimum absolute atomic E-state index is 0.0704. The van der Waals surface area contributed by atoms with E-state index < -0.39 is 5.54 Å². The van der Waals surface area contributed by atoms with Gasteiger partial charge < -0.3 is 10.1 Å². The Labute approximate surface area is 209 Å². The van der Waals surface area contributed by atoms with Gasteiger partial charge in [-0.15, -0.1) is 0 Å². The van der Waals surface area contributed by atoms with Gasteiger partial charge in [-0.3, -0.25) is 9.69 Å². The second-order valence-electron chi connectivity index (χ2n) is 9.28. The van der Waals surface area contributed by atoms with Crippen LogP contribution in [0.3, 0.4) is 0 Å². The highest BCUT2D eigenvalue weighted by atomic mass is 16.5. The number of carbonyl (C=O) groups is 1. The number of piperidine rings is 1. The Morgan fingerprint density at radius 1 is 0.917 bits per heavy atom. The standard InChI is InChI=1S/C29H25N5O2/c30-19-25-26(22-11-13-24(14-12-22)36-23-9-5-2-6-10-23)32-34-27(25)31-28(35)29(34)15-17-33(18-16-29)20-21-7-3-1-4-8-21/h1-14H,15-18,20H2,(H,31,35). The van der Waals surface area contributed by atoms with Crippen LogP contribution in [0, 0.1) is 11.3 Å². The number of hydrogen-bond acceptors (Lipinski definition) is 5. The van der Waals surface area contributed by atoms with Crippen LogP contribution >= 0.6 is 0 Å². The molecule has 1 amide bonds. The number of rotatable bonds is 5. The van der Waals surface area contributed by atoms with E-state index in [1.54, 1.807) is 4.68 Å². The molecular weight excluding hydrogens is 450 g/mol. The predicted molar refractivity (Wildman–Crippen MR) is 136 cm³/mol. The fourth-order valence-corrected chi connectivity index (χ4v) is 5.14. The van der Waals surface area contributed by atoms with Crippen molar-refractivity contribution in [1.29, 1.82) is 5.26 Å². The van der Waals surface area contributed by atoms with Gasteiger partial charge in [-0.1, -0.05) is 48.5 Å². The number of benzene rings is 3. The Hall–Kier alpha value is -4.41. The maximum Gasteiger partial charge on any atom is 0.253 e. The number of likely N-dealkylation sites (tertiary alicyclic amines) is 1. The van der Waals surface area contributed by atoms with E-state index in [-0.39, 0.29) is 5.91 Å². The van der Waals surface area contributed by atoms with E-state index in [1.807, 2.05) is 72.8 Å². The minimum atomic E-state index is -0.761. The van der Waals surface area contributed by atoms with Gasteiger partial charge in [-0.2, -0.15) is 10.4 Å². The van der Waals surface area contributed by atoms with Crippen molar-refractivity contribution in [2.75, 3.05) is 18.4 Å². The summed E-state index contributed by atoms with van der Waals surface area (Å²) < 4.78 is 7.67. The highest BCUT2D eigenvalue weighted by Gasteiger charge is 2.51. The van der Waals surface area contributed by atoms with Crippen LogP contribution in [0.5, 0.6) is 11.5 Å². The van der Waals surface area contributed by atoms with Crippen molar-refractivity contribution in [2.24, 2.45) is 0 Å². The molecule has 1 aromatic heterocycles. The van der Waals surface area contributed by atoms with Crippen LogP contribution in [0.15, 0.2) is 84.9 Å². The molecular formula is C29H25N5O2. The third-order valence-electron chi connectivity index (χ3n) is 7.10. The maximum absolute atomic E-state index is 13.2. The topological polar surface area (TPSA) is 83.2 Å². The summed E-state index contributed by atoms with van der Waals surface area (Å²) in [5, 5.41) is 17.8. The fraction of sp³-hybridized carbons (Fsp3) is 0.207. The first-order valence-corrected chi connectivity index (χ1v) is 12.1. The van der Waals surface area contributed by atoms with Crippen molar-refractivity contribution in [3.63, 3.8) is 0 Å². The minimum Gasteiger partial charge on any atom is -0.457 e. The summed E-state index contributed by atoms with van der Waals surface area (Å²) in [4.78, 5) is 15.5. The number of nitriles is 1. The van der Waals surface area contributed by atoms with E-state index in [9.17, 15) is 10.1 Å². The lowest BCUT2D eigenvalue weighted by atomic mass is 9.87. The first-order chi connectivity index (χ1) is 17.7. The Balaban J connectivity index is 1.25. The van der Waals surface area contributed by atoms with Gasteiger partial charge in [0.25, 0.3) is 5.91 Å². The van der Waals surface area contributed by atoms with Crippen LogP contribution in [0.25, 0.3) is 11.3 Å². The zero-order valence-corrected chi connectivity index (χ0v) is 19.7. The predicted octanol–water partition coefficient (Wildman–Crippen LogP) is 5.16. The molecule has 0 atom stereocenters. The second-order valence-corrected chi connectivity index (χ2v) is 9.28. The van der Waals surface area contributed by atoms with Crippen LogP contribution in [-0.2, 0) is 16.9 Å². The second kappa shape index (κ2) is 8.99. The highest BCUT2D eigenvalue weighted by Crippen LogP contribution is 2.43. The molecule has 0 saturated carbocycles. The number of carbonyl (C=O) groups excluding carboxylic acids is 1. The molecule has 0 radical (unpaired) electrons. The Bertz CT molecular complexity index is 1430. The van der Waals surface area contributed by atoms with Crippen molar-refractivity contribution in [1.82, 2.24) is 14.7 Å². The van der Waals surface area contributed by atoms with E-state index >= 15 is 0 Å². The van der Waals surface area contributed by atoms with Gasteiger partial charge in [0.05, 0.1) is 0 Å². The number of para-hydroxylation sites is 1. The summed E-state index contributed by atoms with van der Waals surface area (Å²) in [7, 11) is 0. The zero-order valence-electron chi connectivity index (χ0n) is 19.7. The molecule has 0 bridgehead atoms. The number of nitrogens with zero attached hydrogens (tertiary/aromatic N) is 4. The normalized spacial score (nSPS) is 16.4. The van der Waals surface area contributed by atoms with Crippen molar-refractivity contribution < 1.29 is 9.53 Å². The Kier molecular flexibility index (Phi) is 5.51. The lowest BCUT2D eigenvalue weighted by Crippen LogP contribution is -2.49. The van der Waals surface area contributed by atoms with Gasteiger partial charge in [-0.25, -0.2) is 4.68 Å². The quantitative estimate of drug-likeness (QED) is 0.431. The van der Waals surface area contributed by atoms with Gasteiger partial charge in [0.15, 0.2) is 5.82 Å². The average molecular weight is 476 g/mol. The van der Waals surface area contributed by atoms with Crippen LogP contribution in [-0.4, -0.2) is 33.7 Å². The maximum atomic E-state index is 13.2. The Morgan fingerprint density at radius 2 is 1.56 bits per heavy atom. The number of amides is 1. The van der Waals surface area contributed by atoms with Gasteiger partial charge in [0.1, 0.15) is 34.4 Å². The lowest BCUT2D eigenvalue weighted by Gasteiger charge is -2.37. The molecule has 3 heterocycles. The third kappa shape index (κ3) is 3.82. The summed E-state index contributed by atoms with van der Waals surface area (Å²) in [5.74, 6) is 1.88. The molecule has 1 fully saturated rings. The number of hydrogen-bond donors (Lipinski definition) is 1. The van der Waals surface area contributed by atoms with Crippen LogP contribution in [0.1, 0.15) is 24.0 Å². The van der Waals surface area contributed by atoms with Crippen molar-refractivity contribution in [3.8, 4) is 28.8 Å². The number of aromatic nitrogens is 2. The van der Waals surface area contributed by atoms with Crippen molar-refractivity contribution in [2.45, 2.75) is 24.9 Å². The molecule has 7 heteroatoms. The summed E-state index contributed by atoms with van der Waals surface area (Å²) in [5.41, 5.74) is 2.27. The molecule has 1 spiro atoms. The molecule has 1 N–H and O–H groups in total. The van der Waals surface area contributed by atoms with Gasteiger partial charge in [0.2, 0.25) is 0 Å². The van der Waals surface area contributed by atoms with Gasteiger partial charge in [-0.05, 0) is 54.8 Å². The first-order valence-electron chi connectivity index (χ1n) is 12.1. The molecule has 1 saturated heterocycles. The summed E-state index contributed by atoms with van der Waals surface area (Å²) in [6.07, 6.45) is 1.29. The first kappa shape index (κ1) is 22.1. The number of fused-ring (bicyclic) bond motifs is 2. The summed E-state index contributed by atoms with van der Waals surface area (Å²) in [6, 6.07) is 29.7. The van der Waals surface area contributed by atoms with E-state index in [1.165, 1.54) is 5.56 Å². The summed E-state index contributed by atoms with van der Waals surface area (Å²) in [6.45, 7) is 2.42. The van der Waals surface area contributed by atoms with Crippen LogP contribution in [0.2, 0.25) is 0 Å². The molecule has 6 rings (SSSR count). The SMILES string of the molecule is N#Cc1c(-c2ccc(Oc3ccccc3)cc2)nn2c1NC(=O)C21CCN(Cc2ccccc2)CC1. The number of ether oxygens (including phenoxy) is 1. The number of nitrogens with one attached hydrogen (secondary N) is 1. The molecule has 0 aliphatic carbocycles. The van der Waals surface area contributed by atoms with Crippen molar-refractivity contribution in [3.05, 3.63) is 96.1 Å². The molecule has 178 valence electrons. The van der Waals surface area contributed by atoms with Gasteiger partial charge in [0, 0.05) is 25.2 Å². The molecule has 2 aliphatic heterocycles. The molecule has 3 aromatic carbocycles. The van der Waals surface area contributed by atoms with E-state index in [2.05, 4.69) is 28.4 Å². The van der Waals surface area contributed by atoms with E-state index in [4.69, 9.17) is 9.84 Å². The van der Waals surface area contributed by atoms with E-state index in [0.29, 0.717) is 35.7 Å². The molecule has 7 nitrogen and oxygen atoms in total. The van der Waals surface area contributed by atoms with Crippen molar-refractivity contribution >= 4 is 11.7 Å². The average Bonchev–Trinajstić information content (AvgIpc) is 3.41. The zero-order chi connectivity index (χ0) is 24.5. The largest absolute Gasteiger partial charge is 0.457 e.